The zero-order valence-corrected chi connectivity index (χ0v) is 21.9. The van der Waals surface area contributed by atoms with E-state index in [-0.39, 0.29) is 35.5 Å². The zero-order valence-electron chi connectivity index (χ0n) is 21.1. The number of sulfone groups is 1. The first-order valence-electron chi connectivity index (χ1n) is 13.4. The molecule has 8 heteroatoms. The lowest BCUT2D eigenvalue weighted by atomic mass is 9.77. The van der Waals surface area contributed by atoms with Gasteiger partial charge in [-0.3, -0.25) is 19.5 Å². The van der Waals surface area contributed by atoms with Crippen molar-refractivity contribution in [3.05, 3.63) is 24.0 Å². The van der Waals surface area contributed by atoms with Crippen LogP contribution in [0.1, 0.15) is 89.7 Å². The lowest BCUT2D eigenvalue weighted by Gasteiger charge is -2.38. The van der Waals surface area contributed by atoms with E-state index in [1.165, 1.54) is 4.90 Å². The molecular formula is C27H40N2O5S. The number of hydrogen-bond donors (Lipinski definition) is 1. The predicted octanol–water partition coefficient (Wildman–Crippen LogP) is 4.81. The van der Waals surface area contributed by atoms with Gasteiger partial charge in [0.15, 0.2) is 9.84 Å². The summed E-state index contributed by atoms with van der Waals surface area (Å²) < 4.78 is 26.3. The summed E-state index contributed by atoms with van der Waals surface area (Å²) in [7, 11) is -3.07. The third-order valence-electron chi connectivity index (χ3n) is 8.89. The van der Waals surface area contributed by atoms with Crippen molar-refractivity contribution < 1.29 is 23.1 Å². The number of hydrogen-bond acceptors (Lipinski definition) is 5. The number of pyridine rings is 1. The summed E-state index contributed by atoms with van der Waals surface area (Å²) in [5, 5.41) is 9.25. The summed E-state index contributed by atoms with van der Waals surface area (Å²) in [5.74, 6) is -0.393. The largest absolute Gasteiger partial charge is 0.480 e. The number of anilines is 1. The molecule has 35 heavy (non-hydrogen) atoms. The Morgan fingerprint density at radius 2 is 1.80 bits per heavy atom. The molecule has 2 saturated carbocycles. The third kappa shape index (κ3) is 5.89. The molecule has 4 rings (SSSR count). The van der Waals surface area contributed by atoms with Crippen molar-refractivity contribution in [2.45, 2.75) is 89.2 Å². The van der Waals surface area contributed by atoms with E-state index >= 15 is 0 Å². The molecule has 0 spiro atoms. The second kappa shape index (κ2) is 11.0. The van der Waals surface area contributed by atoms with Crippen LogP contribution >= 0.6 is 0 Å². The van der Waals surface area contributed by atoms with E-state index in [2.05, 4.69) is 11.9 Å². The number of nitrogens with zero attached hydrogens (tertiary/aromatic N) is 2. The Bertz CT molecular complexity index is 1020. The molecule has 1 aromatic rings. The van der Waals surface area contributed by atoms with E-state index in [1.54, 1.807) is 18.3 Å². The highest BCUT2D eigenvalue weighted by Crippen LogP contribution is 2.43. The van der Waals surface area contributed by atoms with Crippen molar-refractivity contribution in [2.24, 2.45) is 23.7 Å². The van der Waals surface area contributed by atoms with Gasteiger partial charge in [-0.1, -0.05) is 52.4 Å². The Balaban J connectivity index is 1.44. The van der Waals surface area contributed by atoms with Crippen molar-refractivity contribution in [1.29, 1.82) is 0 Å². The van der Waals surface area contributed by atoms with E-state index in [9.17, 15) is 23.1 Å². The first-order valence-corrected chi connectivity index (χ1v) is 15.1. The maximum atomic E-state index is 13.4. The van der Waals surface area contributed by atoms with Crippen LogP contribution in [0.4, 0.5) is 5.69 Å². The van der Waals surface area contributed by atoms with Gasteiger partial charge in [-0.05, 0) is 55.6 Å². The van der Waals surface area contributed by atoms with Gasteiger partial charge in [-0.15, -0.1) is 0 Å². The Morgan fingerprint density at radius 3 is 2.51 bits per heavy atom. The molecule has 1 amide bonds. The summed E-state index contributed by atoms with van der Waals surface area (Å²) in [6, 6.07) is 3.52. The SMILES string of the molecule is CC1CCC(CC2C(=O)N(CC(=O)O)c3cccnc3C2C)CCC1CS(=O)(=O)C1CCCCC1. The minimum Gasteiger partial charge on any atom is -0.480 e. The average Bonchev–Trinajstić information content (AvgIpc) is 3.01. The molecule has 7 nitrogen and oxygen atoms in total. The summed E-state index contributed by atoms with van der Waals surface area (Å²) in [5.41, 5.74) is 1.39. The lowest BCUT2D eigenvalue weighted by Crippen LogP contribution is -2.46. The Hall–Kier alpha value is -1.96. The molecule has 1 aromatic heterocycles. The zero-order chi connectivity index (χ0) is 25.2. The molecule has 0 bridgehead atoms. The molecule has 0 saturated heterocycles. The fourth-order valence-corrected chi connectivity index (χ4v) is 9.04. The van der Waals surface area contributed by atoms with E-state index in [0.717, 1.165) is 63.5 Å². The van der Waals surface area contributed by atoms with Gasteiger partial charge in [0.2, 0.25) is 5.91 Å². The van der Waals surface area contributed by atoms with Crippen molar-refractivity contribution in [3.63, 3.8) is 0 Å². The van der Waals surface area contributed by atoms with E-state index in [4.69, 9.17) is 0 Å². The molecule has 5 unspecified atom stereocenters. The van der Waals surface area contributed by atoms with E-state index in [0.29, 0.717) is 29.7 Å². The quantitative estimate of drug-likeness (QED) is 0.534. The second-order valence-corrected chi connectivity index (χ2v) is 13.5. The molecule has 0 aromatic carbocycles. The number of amides is 1. The van der Waals surface area contributed by atoms with Gasteiger partial charge < -0.3 is 5.11 Å². The molecular weight excluding hydrogens is 464 g/mol. The molecule has 1 aliphatic heterocycles. The third-order valence-corrected chi connectivity index (χ3v) is 11.3. The predicted molar refractivity (Wildman–Crippen MR) is 136 cm³/mol. The maximum Gasteiger partial charge on any atom is 0.323 e. The summed E-state index contributed by atoms with van der Waals surface area (Å²) >= 11 is 0. The van der Waals surface area contributed by atoms with Crippen LogP contribution in [0.3, 0.4) is 0 Å². The summed E-state index contributed by atoms with van der Waals surface area (Å²) in [4.78, 5) is 30.8. The van der Waals surface area contributed by atoms with Crippen LogP contribution in [-0.4, -0.2) is 47.9 Å². The normalized spacial score (nSPS) is 30.5. The number of aromatic nitrogens is 1. The van der Waals surface area contributed by atoms with Gasteiger partial charge in [0.25, 0.3) is 0 Å². The highest BCUT2D eigenvalue weighted by molar-refractivity contribution is 7.92. The van der Waals surface area contributed by atoms with Crippen LogP contribution in [0.5, 0.6) is 0 Å². The van der Waals surface area contributed by atoms with Crippen molar-refractivity contribution in [3.8, 4) is 0 Å². The molecule has 5 atom stereocenters. The minimum atomic E-state index is -3.07. The first-order chi connectivity index (χ1) is 16.7. The highest BCUT2D eigenvalue weighted by Gasteiger charge is 2.41. The van der Waals surface area contributed by atoms with Crippen LogP contribution in [0, 0.1) is 23.7 Å². The maximum absolute atomic E-state index is 13.4. The summed E-state index contributed by atoms with van der Waals surface area (Å²) in [6.07, 6.45) is 11.0. The average molecular weight is 505 g/mol. The molecule has 2 fully saturated rings. The smallest absolute Gasteiger partial charge is 0.323 e. The van der Waals surface area contributed by atoms with Crippen molar-refractivity contribution in [2.75, 3.05) is 17.2 Å². The van der Waals surface area contributed by atoms with Crippen LogP contribution in [0.15, 0.2) is 18.3 Å². The monoisotopic (exact) mass is 504 g/mol. The topological polar surface area (TPSA) is 105 Å². The summed E-state index contributed by atoms with van der Waals surface area (Å²) in [6.45, 7) is 3.85. The van der Waals surface area contributed by atoms with Crippen LogP contribution in [0.25, 0.3) is 0 Å². The molecule has 2 aliphatic carbocycles. The van der Waals surface area contributed by atoms with Gasteiger partial charge >= 0.3 is 5.97 Å². The first kappa shape index (κ1) is 26.1. The number of carbonyl (C=O) groups is 2. The number of rotatable bonds is 7. The highest BCUT2D eigenvalue weighted by atomic mass is 32.2. The Labute approximate surface area is 209 Å². The Morgan fingerprint density at radius 1 is 1.09 bits per heavy atom. The number of carboxylic acid groups (broad SMARTS) is 1. The van der Waals surface area contributed by atoms with Crippen molar-refractivity contribution in [1.82, 2.24) is 4.98 Å². The van der Waals surface area contributed by atoms with Gasteiger partial charge in [-0.2, -0.15) is 0 Å². The minimum absolute atomic E-state index is 0.0769. The van der Waals surface area contributed by atoms with Gasteiger partial charge in [0.05, 0.1) is 22.4 Å². The second-order valence-electron chi connectivity index (χ2n) is 11.2. The molecule has 194 valence electrons. The number of carboxylic acids is 1. The Kier molecular flexibility index (Phi) is 8.19. The fraction of sp³-hybridized carbons (Fsp3) is 0.741. The standard InChI is InChI=1S/C27H40N2O5S/c1-18-10-11-20(12-13-21(18)17-35(33,34)22-7-4-3-5-8-22)15-23-19(2)26-24(9-6-14-28-26)29(27(23)32)16-25(30)31/h6,9,14,18-23H,3-5,7-8,10-13,15-17H2,1-2H3,(H,30,31). The number of carbonyl (C=O) groups excluding carboxylic acids is 1. The van der Waals surface area contributed by atoms with E-state index < -0.39 is 15.8 Å². The lowest BCUT2D eigenvalue weighted by molar-refractivity contribution is -0.137. The van der Waals surface area contributed by atoms with Crippen molar-refractivity contribution >= 4 is 27.4 Å². The fourth-order valence-electron chi connectivity index (χ4n) is 6.63. The number of aliphatic carboxylic acids is 1. The molecule has 1 N–H and O–H groups in total. The van der Waals surface area contributed by atoms with Gasteiger partial charge in [0, 0.05) is 18.0 Å². The van der Waals surface area contributed by atoms with Gasteiger partial charge in [-0.25, -0.2) is 8.42 Å². The van der Waals surface area contributed by atoms with E-state index in [1.807, 2.05) is 6.92 Å². The van der Waals surface area contributed by atoms with Crippen LogP contribution in [0.2, 0.25) is 0 Å². The van der Waals surface area contributed by atoms with Gasteiger partial charge in [0.1, 0.15) is 6.54 Å². The van der Waals surface area contributed by atoms with Crippen LogP contribution < -0.4 is 4.90 Å². The number of fused-ring (bicyclic) bond motifs is 1. The van der Waals surface area contributed by atoms with Crippen LogP contribution in [-0.2, 0) is 19.4 Å². The molecule has 3 aliphatic rings. The molecule has 2 heterocycles. The molecule has 0 radical (unpaired) electrons.